The standard InChI is InChI=1S/C8H15.2Y/c1-3-8-5-4-7(2)6-8;;/h5,7-8H,3-4,6H2,1-2H3;;/q-1;;/t7?,8-;;/m1../s1. The molecule has 0 spiro atoms. The molecule has 1 aliphatic carbocycles. The molecule has 0 nitrogen and oxygen atoms in total. The molecule has 2 heteroatoms. The fourth-order valence-electron chi connectivity index (χ4n) is 1.47. The molecule has 0 amide bonds. The van der Waals surface area contributed by atoms with Crippen molar-refractivity contribution in [2.75, 3.05) is 0 Å². The summed E-state index contributed by atoms with van der Waals surface area (Å²) in [6.07, 6.45) is 6.63. The second-order valence-corrected chi connectivity index (χ2v) is 2.98. The molecule has 1 rings (SSSR count). The molecule has 0 N–H and O–H groups in total. The average Bonchev–Trinajstić information content (AvgIpc) is 2.14. The summed E-state index contributed by atoms with van der Waals surface area (Å²) in [5.74, 6) is 1.92. The molecule has 1 aliphatic rings. The zero-order valence-electron chi connectivity index (χ0n) is 7.01. The Kier molecular flexibility index (Phi) is 11.5. The van der Waals surface area contributed by atoms with Crippen LogP contribution in [0.1, 0.15) is 33.1 Å². The van der Waals surface area contributed by atoms with E-state index >= 15 is 0 Å². The van der Waals surface area contributed by atoms with Crippen molar-refractivity contribution >= 4 is 0 Å². The van der Waals surface area contributed by atoms with E-state index in [1.165, 1.54) is 19.3 Å². The van der Waals surface area contributed by atoms with E-state index in [1.54, 1.807) is 0 Å². The zero-order valence-corrected chi connectivity index (χ0v) is 12.7. The monoisotopic (exact) mass is 289 g/mol. The van der Waals surface area contributed by atoms with Crippen LogP contribution in [-0.4, -0.2) is 0 Å². The first-order chi connectivity index (χ1) is 3.83. The number of hydrogen-bond acceptors (Lipinski definition) is 0. The SMILES string of the molecule is CC[C@@H]1[CH-]CC(C)C1.[Y].[Y]. The van der Waals surface area contributed by atoms with Crippen LogP contribution in [0.3, 0.4) is 0 Å². The van der Waals surface area contributed by atoms with Crippen LogP contribution in [0.2, 0.25) is 0 Å². The molecule has 1 unspecified atom stereocenters. The van der Waals surface area contributed by atoms with Gasteiger partial charge in [-0.3, -0.25) is 0 Å². The Morgan fingerprint density at radius 3 is 2.20 bits per heavy atom. The van der Waals surface area contributed by atoms with Crippen molar-refractivity contribution < 1.29 is 65.4 Å². The number of hydrogen-bond donors (Lipinski definition) is 0. The first kappa shape index (κ1) is 14.7. The second-order valence-electron chi connectivity index (χ2n) is 2.98. The first-order valence-electron chi connectivity index (χ1n) is 3.66. The van der Waals surface area contributed by atoms with Gasteiger partial charge >= 0.3 is 0 Å². The third-order valence-electron chi connectivity index (χ3n) is 2.10. The second kappa shape index (κ2) is 7.84. The summed E-state index contributed by atoms with van der Waals surface area (Å²) >= 11 is 0. The van der Waals surface area contributed by atoms with Gasteiger partial charge in [-0.15, -0.1) is 0 Å². The van der Waals surface area contributed by atoms with Crippen molar-refractivity contribution in [3.05, 3.63) is 6.42 Å². The third kappa shape index (κ3) is 4.96. The van der Waals surface area contributed by atoms with Gasteiger partial charge in [0.05, 0.1) is 0 Å². The number of rotatable bonds is 1. The topological polar surface area (TPSA) is 0 Å². The van der Waals surface area contributed by atoms with Crippen LogP contribution in [0.15, 0.2) is 0 Å². The molecule has 0 aliphatic heterocycles. The predicted octanol–water partition coefficient (Wildman–Crippen LogP) is 2.64. The molecular formula is C8H15Y2-. The smallest absolute Gasteiger partial charge is 0 e. The van der Waals surface area contributed by atoms with Gasteiger partial charge in [0.25, 0.3) is 0 Å². The predicted molar refractivity (Wildman–Crippen MR) is 36.5 cm³/mol. The minimum absolute atomic E-state index is 0. The maximum absolute atomic E-state index is 2.48. The van der Waals surface area contributed by atoms with E-state index in [9.17, 15) is 0 Å². The molecule has 2 radical (unpaired) electrons. The van der Waals surface area contributed by atoms with Crippen LogP contribution in [-0.2, 0) is 65.4 Å². The minimum atomic E-state index is 0. The maximum Gasteiger partial charge on any atom is 0 e. The van der Waals surface area contributed by atoms with E-state index in [1.807, 2.05) is 0 Å². The minimum Gasteiger partial charge on any atom is -0.325 e. The normalized spacial score (nSPS) is 30.6. The molecule has 10 heavy (non-hydrogen) atoms. The largest absolute Gasteiger partial charge is 0.325 e. The van der Waals surface area contributed by atoms with Gasteiger partial charge in [0.2, 0.25) is 0 Å². The van der Waals surface area contributed by atoms with Crippen molar-refractivity contribution in [1.29, 1.82) is 0 Å². The first-order valence-corrected chi connectivity index (χ1v) is 3.66. The van der Waals surface area contributed by atoms with Crippen LogP contribution < -0.4 is 0 Å². The molecule has 0 saturated heterocycles. The van der Waals surface area contributed by atoms with E-state index in [0.717, 1.165) is 11.8 Å². The zero-order chi connectivity index (χ0) is 5.98. The van der Waals surface area contributed by atoms with Crippen LogP contribution in [0.5, 0.6) is 0 Å². The van der Waals surface area contributed by atoms with Gasteiger partial charge in [0.1, 0.15) is 0 Å². The summed E-state index contributed by atoms with van der Waals surface area (Å²) in [6, 6.07) is 0. The van der Waals surface area contributed by atoms with E-state index in [2.05, 4.69) is 20.3 Å². The summed E-state index contributed by atoms with van der Waals surface area (Å²) in [6.45, 7) is 4.62. The molecule has 0 aromatic carbocycles. The molecule has 0 aromatic heterocycles. The molecule has 1 fully saturated rings. The summed E-state index contributed by atoms with van der Waals surface area (Å²) in [7, 11) is 0. The van der Waals surface area contributed by atoms with Gasteiger partial charge in [-0.1, -0.05) is 32.6 Å². The van der Waals surface area contributed by atoms with Crippen LogP contribution in [0.4, 0.5) is 0 Å². The summed E-state index contributed by atoms with van der Waals surface area (Å²) in [4.78, 5) is 0. The van der Waals surface area contributed by atoms with Crippen molar-refractivity contribution in [2.45, 2.75) is 33.1 Å². The average molecular weight is 289 g/mol. The van der Waals surface area contributed by atoms with Gasteiger partial charge in [0.15, 0.2) is 0 Å². The molecule has 0 aromatic rings. The summed E-state index contributed by atoms with van der Waals surface area (Å²) in [5.41, 5.74) is 0. The molecule has 0 heterocycles. The van der Waals surface area contributed by atoms with Gasteiger partial charge in [-0.05, 0) is 0 Å². The Bertz CT molecular complexity index is 73.7. The Morgan fingerprint density at radius 2 is 2.00 bits per heavy atom. The fourth-order valence-corrected chi connectivity index (χ4v) is 1.47. The van der Waals surface area contributed by atoms with Crippen LogP contribution in [0, 0.1) is 18.3 Å². The Balaban J connectivity index is 0. The Labute approximate surface area is 115 Å². The molecular weight excluding hydrogens is 274 g/mol. The van der Waals surface area contributed by atoms with Gasteiger partial charge in [0, 0.05) is 65.4 Å². The van der Waals surface area contributed by atoms with Crippen molar-refractivity contribution in [1.82, 2.24) is 0 Å². The summed E-state index contributed by atoms with van der Waals surface area (Å²) < 4.78 is 0. The maximum atomic E-state index is 2.48. The van der Waals surface area contributed by atoms with Crippen LogP contribution >= 0.6 is 0 Å². The Morgan fingerprint density at radius 1 is 1.40 bits per heavy atom. The van der Waals surface area contributed by atoms with Crippen LogP contribution in [0.25, 0.3) is 0 Å². The molecule has 0 bridgehead atoms. The van der Waals surface area contributed by atoms with Gasteiger partial charge in [-0.2, -0.15) is 12.3 Å². The van der Waals surface area contributed by atoms with Crippen molar-refractivity contribution in [2.24, 2.45) is 11.8 Å². The summed E-state index contributed by atoms with van der Waals surface area (Å²) in [5, 5.41) is 0. The van der Waals surface area contributed by atoms with E-state index in [-0.39, 0.29) is 65.4 Å². The van der Waals surface area contributed by atoms with Gasteiger partial charge < -0.3 is 6.42 Å². The van der Waals surface area contributed by atoms with E-state index in [0.29, 0.717) is 0 Å². The van der Waals surface area contributed by atoms with Crippen molar-refractivity contribution in [3.8, 4) is 0 Å². The van der Waals surface area contributed by atoms with E-state index in [4.69, 9.17) is 0 Å². The fraction of sp³-hybridized carbons (Fsp3) is 0.875. The Hall–Kier alpha value is 2.21. The molecule has 2 atom stereocenters. The van der Waals surface area contributed by atoms with Crippen molar-refractivity contribution in [3.63, 3.8) is 0 Å². The third-order valence-corrected chi connectivity index (χ3v) is 2.10. The molecule has 54 valence electrons. The van der Waals surface area contributed by atoms with Gasteiger partial charge in [-0.25, -0.2) is 0 Å². The van der Waals surface area contributed by atoms with E-state index < -0.39 is 0 Å². The molecule has 1 saturated carbocycles. The quantitative estimate of drug-likeness (QED) is 0.651.